The van der Waals surface area contributed by atoms with Gasteiger partial charge < -0.3 is 4.74 Å². The Hall–Kier alpha value is -2.22. The van der Waals surface area contributed by atoms with Crippen LogP contribution in [-0.4, -0.2) is 23.8 Å². The lowest BCUT2D eigenvalue weighted by Gasteiger charge is -2.24. The number of methoxy groups -OCH3 is 1. The van der Waals surface area contributed by atoms with Crippen LogP contribution in [0, 0.1) is 0 Å². The number of carbonyl (C=O) groups excluding carboxylic acids is 1. The maximum Gasteiger partial charge on any atom is 0.416 e. The van der Waals surface area contributed by atoms with Crippen LogP contribution in [0.3, 0.4) is 0 Å². The standard InChI is InChI=1S/C16H13F3N2O2S/c1-23-13-7-6-12(8-20-13)21-14(22)9-24-15(21)10-2-4-11(5-3-10)16(17,18)19/h2-8,15H,9H2,1H3. The number of benzene rings is 1. The van der Waals surface area contributed by atoms with E-state index in [0.717, 1.165) is 12.1 Å². The molecule has 1 saturated heterocycles. The number of thioether (sulfide) groups is 1. The summed E-state index contributed by atoms with van der Waals surface area (Å²) in [5, 5.41) is -0.380. The molecule has 0 N–H and O–H groups in total. The molecule has 1 aromatic carbocycles. The third-order valence-electron chi connectivity index (χ3n) is 3.60. The van der Waals surface area contributed by atoms with E-state index in [-0.39, 0.29) is 17.0 Å². The highest BCUT2D eigenvalue weighted by Crippen LogP contribution is 2.42. The average molecular weight is 354 g/mol. The first-order valence-electron chi connectivity index (χ1n) is 7.01. The summed E-state index contributed by atoms with van der Waals surface area (Å²) in [7, 11) is 1.49. The molecule has 1 fully saturated rings. The summed E-state index contributed by atoms with van der Waals surface area (Å²) in [6, 6.07) is 8.21. The van der Waals surface area contributed by atoms with E-state index in [2.05, 4.69) is 4.98 Å². The van der Waals surface area contributed by atoms with E-state index < -0.39 is 11.7 Å². The zero-order chi connectivity index (χ0) is 17.3. The fourth-order valence-corrected chi connectivity index (χ4v) is 3.60. The molecule has 0 radical (unpaired) electrons. The Morgan fingerprint density at radius 2 is 1.92 bits per heavy atom. The third-order valence-corrected chi connectivity index (χ3v) is 4.81. The van der Waals surface area contributed by atoms with E-state index in [0.29, 0.717) is 17.1 Å². The fourth-order valence-electron chi connectivity index (χ4n) is 2.42. The molecular weight excluding hydrogens is 341 g/mol. The third kappa shape index (κ3) is 3.19. The van der Waals surface area contributed by atoms with Gasteiger partial charge in [-0.15, -0.1) is 11.8 Å². The van der Waals surface area contributed by atoms with E-state index in [4.69, 9.17) is 4.74 Å². The SMILES string of the molecule is COc1ccc(N2C(=O)CSC2c2ccc(C(F)(F)F)cc2)cn1. The number of ether oxygens (including phenoxy) is 1. The molecule has 24 heavy (non-hydrogen) atoms. The Bertz CT molecular complexity index is 732. The Morgan fingerprint density at radius 3 is 2.46 bits per heavy atom. The van der Waals surface area contributed by atoms with Gasteiger partial charge in [-0.1, -0.05) is 12.1 Å². The van der Waals surface area contributed by atoms with Crippen LogP contribution in [0.15, 0.2) is 42.6 Å². The zero-order valence-corrected chi connectivity index (χ0v) is 13.4. The molecule has 3 rings (SSSR count). The number of halogens is 3. The molecule has 1 aliphatic rings. The van der Waals surface area contributed by atoms with Crippen LogP contribution < -0.4 is 9.64 Å². The molecule has 0 saturated carbocycles. The number of rotatable bonds is 3. The van der Waals surface area contributed by atoms with Gasteiger partial charge in [-0.3, -0.25) is 9.69 Å². The molecule has 1 aromatic heterocycles. The van der Waals surface area contributed by atoms with Crippen molar-refractivity contribution in [3.63, 3.8) is 0 Å². The van der Waals surface area contributed by atoms with Gasteiger partial charge in [0.05, 0.1) is 30.3 Å². The Morgan fingerprint density at radius 1 is 1.21 bits per heavy atom. The van der Waals surface area contributed by atoms with Gasteiger partial charge in [0, 0.05) is 6.07 Å². The predicted molar refractivity (Wildman–Crippen MR) is 84.9 cm³/mol. The number of pyridine rings is 1. The predicted octanol–water partition coefficient (Wildman–Crippen LogP) is 3.89. The lowest BCUT2D eigenvalue weighted by Crippen LogP contribution is -2.27. The van der Waals surface area contributed by atoms with Gasteiger partial charge in [-0.25, -0.2) is 4.98 Å². The smallest absolute Gasteiger partial charge is 0.416 e. The van der Waals surface area contributed by atoms with Gasteiger partial charge in [0.25, 0.3) is 0 Å². The van der Waals surface area contributed by atoms with Gasteiger partial charge in [-0.05, 0) is 23.8 Å². The minimum Gasteiger partial charge on any atom is -0.481 e. The van der Waals surface area contributed by atoms with Crippen molar-refractivity contribution in [2.45, 2.75) is 11.6 Å². The van der Waals surface area contributed by atoms with E-state index in [1.165, 1.54) is 37.2 Å². The summed E-state index contributed by atoms with van der Waals surface area (Å²) in [4.78, 5) is 17.8. The van der Waals surface area contributed by atoms with Crippen LogP contribution >= 0.6 is 11.8 Å². The largest absolute Gasteiger partial charge is 0.481 e. The van der Waals surface area contributed by atoms with Crippen LogP contribution in [0.25, 0.3) is 0 Å². The van der Waals surface area contributed by atoms with Crippen molar-refractivity contribution in [2.24, 2.45) is 0 Å². The first-order chi connectivity index (χ1) is 11.4. The summed E-state index contributed by atoms with van der Waals surface area (Å²) in [6.45, 7) is 0. The molecular formula is C16H13F3N2O2S. The van der Waals surface area contributed by atoms with E-state index in [1.54, 1.807) is 17.0 Å². The van der Waals surface area contributed by atoms with Gasteiger partial charge in [0.2, 0.25) is 11.8 Å². The molecule has 8 heteroatoms. The summed E-state index contributed by atoms with van der Waals surface area (Å²) < 4.78 is 43.0. The van der Waals surface area contributed by atoms with Crippen LogP contribution in [0.5, 0.6) is 5.88 Å². The normalized spacial score (nSPS) is 18.1. The number of amides is 1. The quantitative estimate of drug-likeness (QED) is 0.839. The number of hydrogen-bond donors (Lipinski definition) is 0. The van der Waals surface area contributed by atoms with Crippen LogP contribution in [0.1, 0.15) is 16.5 Å². The first-order valence-corrected chi connectivity index (χ1v) is 8.06. The molecule has 1 unspecified atom stereocenters. The fraction of sp³-hybridized carbons (Fsp3) is 0.250. The number of anilines is 1. The molecule has 0 spiro atoms. The monoisotopic (exact) mass is 354 g/mol. The van der Waals surface area contributed by atoms with Gasteiger partial charge in [-0.2, -0.15) is 13.2 Å². The molecule has 1 amide bonds. The second-order valence-electron chi connectivity index (χ2n) is 5.11. The maximum atomic E-state index is 12.7. The second-order valence-corrected chi connectivity index (χ2v) is 6.17. The highest BCUT2D eigenvalue weighted by molar-refractivity contribution is 8.00. The Labute approximate surface area is 140 Å². The molecule has 126 valence electrons. The molecule has 2 aromatic rings. The lowest BCUT2D eigenvalue weighted by molar-refractivity contribution is -0.137. The van der Waals surface area contributed by atoms with Crippen molar-refractivity contribution in [1.29, 1.82) is 0 Å². The molecule has 4 nitrogen and oxygen atoms in total. The van der Waals surface area contributed by atoms with Crippen molar-refractivity contribution in [2.75, 3.05) is 17.8 Å². The second kappa shape index (κ2) is 6.35. The lowest BCUT2D eigenvalue weighted by atomic mass is 10.1. The average Bonchev–Trinajstić information content (AvgIpc) is 2.96. The minimum absolute atomic E-state index is 0.114. The highest BCUT2D eigenvalue weighted by atomic mass is 32.2. The summed E-state index contributed by atoms with van der Waals surface area (Å²) >= 11 is 1.37. The molecule has 0 bridgehead atoms. The van der Waals surface area contributed by atoms with E-state index >= 15 is 0 Å². The molecule has 2 heterocycles. The number of hydrogen-bond acceptors (Lipinski definition) is 4. The minimum atomic E-state index is -4.38. The summed E-state index contributed by atoms with van der Waals surface area (Å²) in [5.41, 5.74) is 0.503. The van der Waals surface area contributed by atoms with Crippen LogP contribution in [-0.2, 0) is 11.0 Å². The van der Waals surface area contributed by atoms with Crippen molar-refractivity contribution in [3.8, 4) is 5.88 Å². The number of aromatic nitrogens is 1. The first kappa shape index (κ1) is 16.6. The molecule has 0 aliphatic carbocycles. The van der Waals surface area contributed by atoms with Crippen molar-refractivity contribution < 1.29 is 22.7 Å². The maximum absolute atomic E-state index is 12.7. The van der Waals surface area contributed by atoms with Crippen LogP contribution in [0.2, 0.25) is 0 Å². The Balaban J connectivity index is 1.90. The van der Waals surface area contributed by atoms with Crippen molar-refractivity contribution in [3.05, 3.63) is 53.7 Å². The summed E-state index contributed by atoms with van der Waals surface area (Å²) in [5.74, 6) is 0.568. The topological polar surface area (TPSA) is 42.4 Å². The van der Waals surface area contributed by atoms with Gasteiger partial charge >= 0.3 is 6.18 Å². The molecule has 1 atom stereocenters. The summed E-state index contributed by atoms with van der Waals surface area (Å²) in [6.07, 6.45) is -2.86. The van der Waals surface area contributed by atoms with Crippen LogP contribution in [0.4, 0.5) is 18.9 Å². The van der Waals surface area contributed by atoms with E-state index in [1.807, 2.05) is 0 Å². The van der Waals surface area contributed by atoms with Gasteiger partial charge in [0.15, 0.2) is 0 Å². The zero-order valence-electron chi connectivity index (χ0n) is 12.6. The Kier molecular flexibility index (Phi) is 4.40. The molecule has 1 aliphatic heterocycles. The van der Waals surface area contributed by atoms with Crippen molar-refractivity contribution in [1.82, 2.24) is 4.98 Å². The number of nitrogens with zero attached hydrogens (tertiary/aromatic N) is 2. The van der Waals surface area contributed by atoms with Crippen molar-refractivity contribution >= 4 is 23.4 Å². The van der Waals surface area contributed by atoms with Gasteiger partial charge in [0.1, 0.15) is 5.37 Å². The number of alkyl halides is 3. The van der Waals surface area contributed by atoms with E-state index in [9.17, 15) is 18.0 Å². The highest BCUT2D eigenvalue weighted by Gasteiger charge is 2.35. The number of carbonyl (C=O) groups is 1.